The zero-order chi connectivity index (χ0) is 18.5. The first-order valence-corrected chi connectivity index (χ1v) is 9.17. The van der Waals surface area contributed by atoms with Gasteiger partial charge in [0.25, 0.3) is 5.89 Å². The Morgan fingerprint density at radius 2 is 2.19 bits per heavy atom. The summed E-state index contributed by atoms with van der Waals surface area (Å²) in [6.07, 6.45) is 4.15. The molecule has 8 heteroatoms. The molecule has 1 aromatic carbocycles. The number of nitrogens with zero attached hydrogens (tertiary/aromatic N) is 4. The van der Waals surface area contributed by atoms with Crippen LogP contribution in [-0.4, -0.2) is 38.9 Å². The quantitative estimate of drug-likeness (QED) is 0.689. The van der Waals surface area contributed by atoms with Crippen LogP contribution in [0.15, 0.2) is 47.1 Å². The van der Waals surface area contributed by atoms with Gasteiger partial charge in [0.05, 0.1) is 12.2 Å². The fourth-order valence-corrected chi connectivity index (χ4v) is 3.19. The molecule has 3 aromatic rings. The van der Waals surface area contributed by atoms with Gasteiger partial charge in [0.2, 0.25) is 5.91 Å². The Kier molecular flexibility index (Phi) is 5.24. The Balaban J connectivity index is 1.29. The molecular formula is C19H22N6O2. The van der Waals surface area contributed by atoms with E-state index in [1.54, 1.807) is 4.68 Å². The molecular weight excluding hydrogens is 344 g/mol. The van der Waals surface area contributed by atoms with Crippen molar-refractivity contribution < 1.29 is 9.32 Å². The molecule has 27 heavy (non-hydrogen) atoms. The van der Waals surface area contributed by atoms with Crippen LogP contribution in [0.2, 0.25) is 0 Å². The van der Waals surface area contributed by atoms with Gasteiger partial charge < -0.3 is 15.2 Å². The van der Waals surface area contributed by atoms with Crippen LogP contribution in [0.1, 0.15) is 30.3 Å². The first kappa shape index (κ1) is 17.4. The summed E-state index contributed by atoms with van der Waals surface area (Å²) in [6.45, 7) is 2.41. The summed E-state index contributed by atoms with van der Waals surface area (Å²) in [5, 5.41) is 14.6. The normalized spacial score (nSPS) is 17.0. The molecule has 0 aliphatic carbocycles. The third-order valence-electron chi connectivity index (χ3n) is 4.61. The molecule has 0 radical (unpaired) electrons. The molecule has 1 atom stereocenters. The van der Waals surface area contributed by atoms with Crippen molar-refractivity contribution >= 4 is 5.91 Å². The standard InChI is InChI=1S/C19H22N6O2/c26-18(13-25-10-8-16(23-25)15-7-4-9-20-11-15)21-12-17-22-19(27-24-17)14-5-2-1-3-6-14/h1-3,5-6,8,10,15,20H,4,7,9,11-13H2,(H,21,26)/t15-/m1/s1. The SMILES string of the molecule is O=C(Cn1ccc([C@@H]2CCCNC2)n1)NCc1noc(-c2ccccc2)n1. The molecule has 1 aliphatic rings. The first-order chi connectivity index (χ1) is 13.3. The lowest BCUT2D eigenvalue weighted by molar-refractivity contribution is -0.122. The maximum Gasteiger partial charge on any atom is 0.257 e. The first-order valence-electron chi connectivity index (χ1n) is 9.17. The van der Waals surface area contributed by atoms with Gasteiger partial charge in [-0.2, -0.15) is 10.1 Å². The lowest BCUT2D eigenvalue weighted by Gasteiger charge is -2.20. The average Bonchev–Trinajstić information content (AvgIpc) is 3.37. The minimum Gasteiger partial charge on any atom is -0.347 e. The topological polar surface area (TPSA) is 97.9 Å². The van der Waals surface area contributed by atoms with Crippen molar-refractivity contribution in [3.63, 3.8) is 0 Å². The second-order valence-electron chi connectivity index (χ2n) is 6.64. The van der Waals surface area contributed by atoms with Crippen molar-refractivity contribution in [3.05, 3.63) is 54.1 Å². The van der Waals surface area contributed by atoms with E-state index in [0.717, 1.165) is 37.2 Å². The predicted octanol–water partition coefficient (Wildman–Crippen LogP) is 1.72. The Bertz CT molecular complexity index is 883. The van der Waals surface area contributed by atoms with Gasteiger partial charge in [-0.1, -0.05) is 23.4 Å². The minimum atomic E-state index is -0.141. The number of benzene rings is 1. The number of aromatic nitrogens is 4. The van der Waals surface area contributed by atoms with Crippen LogP contribution < -0.4 is 10.6 Å². The van der Waals surface area contributed by atoms with E-state index in [9.17, 15) is 4.79 Å². The number of hydrogen-bond donors (Lipinski definition) is 2. The van der Waals surface area contributed by atoms with E-state index in [1.807, 2.05) is 42.6 Å². The van der Waals surface area contributed by atoms with Gasteiger partial charge in [-0.15, -0.1) is 0 Å². The summed E-state index contributed by atoms with van der Waals surface area (Å²) in [5.41, 5.74) is 1.89. The van der Waals surface area contributed by atoms with Crippen molar-refractivity contribution in [2.24, 2.45) is 0 Å². The van der Waals surface area contributed by atoms with E-state index < -0.39 is 0 Å². The summed E-state index contributed by atoms with van der Waals surface area (Å²) in [4.78, 5) is 16.5. The van der Waals surface area contributed by atoms with E-state index >= 15 is 0 Å². The molecule has 8 nitrogen and oxygen atoms in total. The van der Waals surface area contributed by atoms with Gasteiger partial charge in [-0.3, -0.25) is 9.48 Å². The van der Waals surface area contributed by atoms with Crippen molar-refractivity contribution in [2.45, 2.75) is 31.8 Å². The van der Waals surface area contributed by atoms with Crippen LogP contribution in [0.3, 0.4) is 0 Å². The summed E-state index contributed by atoms with van der Waals surface area (Å²) in [5.74, 6) is 1.17. The van der Waals surface area contributed by atoms with Gasteiger partial charge >= 0.3 is 0 Å². The second-order valence-corrected chi connectivity index (χ2v) is 6.64. The van der Waals surface area contributed by atoms with Crippen LogP contribution in [0.25, 0.3) is 11.5 Å². The highest BCUT2D eigenvalue weighted by Gasteiger charge is 2.18. The van der Waals surface area contributed by atoms with Crippen molar-refractivity contribution in [3.8, 4) is 11.5 Å². The molecule has 1 amide bonds. The number of piperidine rings is 1. The Hall–Kier alpha value is -3.00. The fraction of sp³-hybridized carbons (Fsp3) is 0.368. The average molecular weight is 366 g/mol. The van der Waals surface area contributed by atoms with E-state index in [0.29, 0.717) is 17.6 Å². The second kappa shape index (κ2) is 8.13. The number of amides is 1. The molecule has 2 aromatic heterocycles. The monoisotopic (exact) mass is 366 g/mol. The molecule has 0 bridgehead atoms. The van der Waals surface area contributed by atoms with Gasteiger partial charge in [-0.05, 0) is 37.6 Å². The third kappa shape index (κ3) is 4.40. The molecule has 1 saturated heterocycles. The predicted molar refractivity (Wildman–Crippen MR) is 98.7 cm³/mol. The third-order valence-corrected chi connectivity index (χ3v) is 4.61. The molecule has 0 spiro atoms. The van der Waals surface area contributed by atoms with Crippen LogP contribution in [0.4, 0.5) is 0 Å². The van der Waals surface area contributed by atoms with Crippen LogP contribution in [0.5, 0.6) is 0 Å². The molecule has 1 aliphatic heterocycles. The number of nitrogens with one attached hydrogen (secondary N) is 2. The molecule has 3 heterocycles. The van der Waals surface area contributed by atoms with E-state index in [4.69, 9.17) is 4.52 Å². The molecule has 140 valence electrons. The summed E-state index contributed by atoms with van der Waals surface area (Å²) >= 11 is 0. The zero-order valence-electron chi connectivity index (χ0n) is 15.0. The number of carbonyl (C=O) groups is 1. The molecule has 4 rings (SSSR count). The highest BCUT2D eigenvalue weighted by molar-refractivity contribution is 5.75. The van der Waals surface area contributed by atoms with Gasteiger partial charge in [-0.25, -0.2) is 0 Å². The highest BCUT2D eigenvalue weighted by Crippen LogP contribution is 2.21. The van der Waals surface area contributed by atoms with Crippen molar-refractivity contribution in [1.82, 2.24) is 30.6 Å². The van der Waals surface area contributed by atoms with Gasteiger partial charge in [0.1, 0.15) is 6.54 Å². The summed E-state index contributed by atoms with van der Waals surface area (Å²) in [6, 6.07) is 11.5. The highest BCUT2D eigenvalue weighted by atomic mass is 16.5. The Morgan fingerprint density at radius 1 is 1.30 bits per heavy atom. The van der Waals surface area contributed by atoms with Gasteiger partial charge in [0.15, 0.2) is 5.82 Å². The summed E-state index contributed by atoms with van der Waals surface area (Å²) < 4.78 is 6.91. The maximum atomic E-state index is 12.2. The fourth-order valence-electron chi connectivity index (χ4n) is 3.19. The number of carbonyl (C=O) groups excluding carboxylic acids is 1. The number of rotatable bonds is 6. The smallest absolute Gasteiger partial charge is 0.257 e. The molecule has 0 unspecified atom stereocenters. The largest absolute Gasteiger partial charge is 0.347 e. The lowest BCUT2D eigenvalue weighted by Crippen LogP contribution is -2.29. The minimum absolute atomic E-state index is 0.141. The lowest BCUT2D eigenvalue weighted by atomic mass is 9.97. The van der Waals surface area contributed by atoms with E-state index in [1.165, 1.54) is 0 Å². The zero-order valence-corrected chi connectivity index (χ0v) is 15.0. The van der Waals surface area contributed by atoms with Crippen LogP contribution in [-0.2, 0) is 17.9 Å². The maximum absolute atomic E-state index is 12.2. The Morgan fingerprint density at radius 3 is 3.00 bits per heavy atom. The van der Waals surface area contributed by atoms with Crippen LogP contribution >= 0.6 is 0 Å². The Labute approximate surface area is 157 Å². The van der Waals surface area contributed by atoms with Crippen molar-refractivity contribution in [1.29, 1.82) is 0 Å². The van der Waals surface area contributed by atoms with Gasteiger partial charge in [0, 0.05) is 24.2 Å². The molecule has 0 saturated carbocycles. The number of hydrogen-bond acceptors (Lipinski definition) is 6. The molecule has 2 N–H and O–H groups in total. The van der Waals surface area contributed by atoms with Crippen LogP contribution in [0, 0.1) is 0 Å². The van der Waals surface area contributed by atoms with E-state index in [-0.39, 0.29) is 19.0 Å². The molecule has 1 fully saturated rings. The van der Waals surface area contributed by atoms with Crippen molar-refractivity contribution in [2.75, 3.05) is 13.1 Å². The summed E-state index contributed by atoms with van der Waals surface area (Å²) in [7, 11) is 0. The van der Waals surface area contributed by atoms with E-state index in [2.05, 4.69) is 25.9 Å².